The summed E-state index contributed by atoms with van der Waals surface area (Å²) in [6.07, 6.45) is 2.64. The van der Waals surface area contributed by atoms with Crippen molar-refractivity contribution in [2.75, 3.05) is 19.3 Å². The molecule has 2 rings (SSSR count). The average molecular weight is 273 g/mol. The first-order valence-electron chi connectivity index (χ1n) is 5.83. The van der Waals surface area contributed by atoms with Crippen molar-refractivity contribution in [3.63, 3.8) is 0 Å². The van der Waals surface area contributed by atoms with Crippen LogP contribution in [0.3, 0.4) is 0 Å². The van der Waals surface area contributed by atoms with Crippen LogP contribution in [0.1, 0.15) is 24.3 Å². The minimum atomic E-state index is -3.77. The minimum Gasteiger partial charge on any atom is -0.506 e. The molecule has 0 aliphatic carbocycles. The molecular weight excluding hydrogens is 257 g/mol. The zero-order valence-electron chi connectivity index (χ0n) is 10.1. The van der Waals surface area contributed by atoms with Crippen molar-refractivity contribution in [1.29, 1.82) is 0 Å². The van der Waals surface area contributed by atoms with E-state index >= 15 is 0 Å². The van der Waals surface area contributed by atoms with E-state index in [4.69, 9.17) is 0 Å². The molecule has 18 heavy (non-hydrogen) atoms. The Morgan fingerprint density at radius 3 is 2.72 bits per heavy atom. The molecule has 1 aliphatic heterocycles. The molecule has 4 nitrogen and oxygen atoms in total. The second kappa shape index (κ2) is 4.85. The Labute approximate surface area is 106 Å². The predicted octanol–water partition coefficient (Wildman–Crippen LogP) is 1.40. The molecule has 0 bridgehead atoms. The van der Waals surface area contributed by atoms with Crippen molar-refractivity contribution in [3.05, 3.63) is 23.5 Å². The van der Waals surface area contributed by atoms with Gasteiger partial charge in [-0.15, -0.1) is 0 Å². The van der Waals surface area contributed by atoms with Crippen LogP contribution in [0, 0.1) is 5.82 Å². The Bertz CT molecular complexity index is 551. The number of benzene rings is 1. The summed E-state index contributed by atoms with van der Waals surface area (Å²) in [4.78, 5) is -0.592. The lowest BCUT2D eigenvalue weighted by Crippen LogP contribution is -2.29. The van der Waals surface area contributed by atoms with Crippen LogP contribution in [0.25, 0.3) is 0 Å². The molecule has 0 amide bonds. The number of phenolic OH excluding ortho intramolecular Hbond substituents is 1. The highest BCUT2D eigenvalue weighted by Gasteiger charge is 2.26. The highest BCUT2D eigenvalue weighted by molar-refractivity contribution is 7.90. The van der Waals surface area contributed by atoms with Crippen LogP contribution in [-0.4, -0.2) is 32.9 Å². The first-order chi connectivity index (χ1) is 8.41. The van der Waals surface area contributed by atoms with Gasteiger partial charge in [-0.25, -0.2) is 12.8 Å². The van der Waals surface area contributed by atoms with E-state index in [-0.39, 0.29) is 5.92 Å². The SMILES string of the molecule is CS(=O)(=O)c1c(O)ccc(C2CCCNC2)c1F. The number of rotatable bonds is 2. The molecular formula is C12H16FNO3S. The summed E-state index contributed by atoms with van der Waals surface area (Å²) in [7, 11) is -3.77. The molecule has 1 heterocycles. The molecule has 0 spiro atoms. The van der Waals surface area contributed by atoms with Gasteiger partial charge in [0.25, 0.3) is 0 Å². The normalized spacial score (nSPS) is 20.9. The van der Waals surface area contributed by atoms with E-state index in [2.05, 4.69) is 5.32 Å². The number of hydrogen-bond acceptors (Lipinski definition) is 4. The smallest absolute Gasteiger partial charge is 0.182 e. The van der Waals surface area contributed by atoms with Crippen LogP contribution < -0.4 is 5.32 Å². The third-order valence-corrected chi connectivity index (χ3v) is 4.34. The number of halogens is 1. The van der Waals surface area contributed by atoms with Crippen LogP contribution in [0.15, 0.2) is 17.0 Å². The molecule has 2 N–H and O–H groups in total. The van der Waals surface area contributed by atoms with E-state index in [0.29, 0.717) is 12.1 Å². The molecule has 1 aromatic rings. The van der Waals surface area contributed by atoms with Gasteiger partial charge in [0.15, 0.2) is 9.84 Å². The maximum Gasteiger partial charge on any atom is 0.182 e. The molecule has 6 heteroatoms. The molecule has 1 saturated heterocycles. The number of aromatic hydroxyl groups is 1. The first-order valence-corrected chi connectivity index (χ1v) is 7.72. The van der Waals surface area contributed by atoms with Crippen LogP contribution >= 0.6 is 0 Å². The first kappa shape index (κ1) is 13.3. The fourth-order valence-corrected chi connectivity index (χ4v) is 3.24. The maximum atomic E-state index is 14.2. The molecule has 0 radical (unpaired) electrons. The fraction of sp³-hybridized carbons (Fsp3) is 0.500. The molecule has 1 aromatic carbocycles. The van der Waals surface area contributed by atoms with Gasteiger partial charge < -0.3 is 10.4 Å². The van der Waals surface area contributed by atoms with Crippen molar-refractivity contribution in [2.45, 2.75) is 23.7 Å². The number of phenols is 1. The Balaban J connectivity index is 2.50. The van der Waals surface area contributed by atoms with Gasteiger partial charge in [-0.3, -0.25) is 0 Å². The zero-order valence-corrected chi connectivity index (χ0v) is 10.9. The minimum absolute atomic E-state index is 0.0418. The number of nitrogens with one attached hydrogen (secondary N) is 1. The topological polar surface area (TPSA) is 66.4 Å². The van der Waals surface area contributed by atoms with Crippen molar-refractivity contribution < 1.29 is 17.9 Å². The monoisotopic (exact) mass is 273 g/mol. The molecule has 1 atom stereocenters. The van der Waals surface area contributed by atoms with Gasteiger partial charge in [-0.2, -0.15) is 0 Å². The fourth-order valence-electron chi connectivity index (χ4n) is 2.35. The zero-order chi connectivity index (χ0) is 13.3. The maximum absolute atomic E-state index is 14.2. The van der Waals surface area contributed by atoms with E-state index in [9.17, 15) is 17.9 Å². The second-order valence-electron chi connectivity index (χ2n) is 4.63. The molecule has 1 unspecified atom stereocenters. The Morgan fingerprint density at radius 2 is 2.17 bits per heavy atom. The van der Waals surface area contributed by atoms with Crippen molar-refractivity contribution in [2.24, 2.45) is 0 Å². The Hall–Kier alpha value is -1.14. The van der Waals surface area contributed by atoms with Gasteiger partial charge in [0, 0.05) is 12.8 Å². The van der Waals surface area contributed by atoms with Crippen LogP contribution in [0.4, 0.5) is 4.39 Å². The lowest BCUT2D eigenvalue weighted by Gasteiger charge is -2.24. The largest absolute Gasteiger partial charge is 0.506 e. The molecule has 100 valence electrons. The second-order valence-corrected chi connectivity index (χ2v) is 6.59. The summed E-state index contributed by atoms with van der Waals surface area (Å²) in [6, 6.07) is 2.72. The number of sulfone groups is 1. The average Bonchev–Trinajstić information content (AvgIpc) is 2.28. The highest BCUT2D eigenvalue weighted by Crippen LogP contribution is 2.33. The van der Waals surface area contributed by atoms with Crippen molar-refractivity contribution >= 4 is 9.84 Å². The third-order valence-electron chi connectivity index (χ3n) is 3.21. The summed E-state index contributed by atoms with van der Waals surface area (Å²) in [5.74, 6) is -1.38. The summed E-state index contributed by atoms with van der Waals surface area (Å²) in [6.45, 7) is 1.53. The number of piperidine rings is 1. The quantitative estimate of drug-likeness (QED) is 0.855. The van der Waals surface area contributed by atoms with Crippen LogP contribution in [-0.2, 0) is 9.84 Å². The summed E-state index contributed by atoms with van der Waals surface area (Å²) < 4.78 is 37.2. The number of hydrogen-bond donors (Lipinski definition) is 2. The Morgan fingerprint density at radius 1 is 1.44 bits per heavy atom. The van der Waals surface area contributed by atoms with Gasteiger partial charge in [-0.05, 0) is 36.9 Å². The van der Waals surface area contributed by atoms with Gasteiger partial charge in [0.05, 0.1) is 0 Å². The van der Waals surface area contributed by atoms with Gasteiger partial charge in [0.1, 0.15) is 16.5 Å². The van der Waals surface area contributed by atoms with Gasteiger partial charge in [-0.1, -0.05) is 6.07 Å². The van der Waals surface area contributed by atoms with Crippen LogP contribution in [0.2, 0.25) is 0 Å². The van der Waals surface area contributed by atoms with Crippen molar-refractivity contribution in [3.8, 4) is 5.75 Å². The lowest BCUT2D eigenvalue weighted by atomic mass is 9.91. The summed E-state index contributed by atoms with van der Waals surface area (Å²) in [5, 5.41) is 12.7. The predicted molar refractivity (Wildman–Crippen MR) is 66.0 cm³/mol. The molecule has 0 saturated carbocycles. The molecule has 1 fully saturated rings. The van der Waals surface area contributed by atoms with E-state index < -0.39 is 26.3 Å². The molecule has 1 aliphatic rings. The third kappa shape index (κ3) is 2.49. The van der Waals surface area contributed by atoms with E-state index in [1.54, 1.807) is 0 Å². The highest BCUT2D eigenvalue weighted by atomic mass is 32.2. The summed E-state index contributed by atoms with van der Waals surface area (Å²) in [5.41, 5.74) is 0.362. The van der Waals surface area contributed by atoms with Crippen LogP contribution in [0.5, 0.6) is 5.75 Å². The van der Waals surface area contributed by atoms with E-state index in [1.165, 1.54) is 12.1 Å². The standard InChI is InChI=1S/C12H16FNO3S/c1-18(16,17)12-10(15)5-4-9(11(12)13)8-3-2-6-14-7-8/h4-5,8,14-15H,2-3,6-7H2,1H3. The van der Waals surface area contributed by atoms with E-state index in [0.717, 1.165) is 25.6 Å². The molecule has 0 aromatic heterocycles. The summed E-state index contributed by atoms with van der Waals surface area (Å²) >= 11 is 0. The van der Waals surface area contributed by atoms with E-state index in [1.807, 2.05) is 0 Å². The van der Waals surface area contributed by atoms with Gasteiger partial charge in [0.2, 0.25) is 0 Å². The Kier molecular flexibility index (Phi) is 3.59. The lowest BCUT2D eigenvalue weighted by molar-refractivity contribution is 0.422. The van der Waals surface area contributed by atoms with Crippen molar-refractivity contribution in [1.82, 2.24) is 5.32 Å². The van der Waals surface area contributed by atoms with Gasteiger partial charge >= 0.3 is 0 Å².